The Balaban J connectivity index is 2.12. The van der Waals surface area contributed by atoms with E-state index in [1.807, 2.05) is 0 Å². The zero-order valence-corrected chi connectivity index (χ0v) is 7.56. The highest BCUT2D eigenvalue weighted by Crippen LogP contribution is 2.25. The molecule has 0 bridgehead atoms. The van der Waals surface area contributed by atoms with E-state index in [2.05, 4.69) is 16.9 Å². The smallest absolute Gasteiger partial charge is 0.199 e. The molecule has 1 aliphatic rings. The Morgan fingerprint density at radius 2 is 2.62 bits per heavy atom. The van der Waals surface area contributed by atoms with Crippen molar-refractivity contribution in [2.24, 2.45) is 0 Å². The summed E-state index contributed by atoms with van der Waals surface area (Å²) >= 11 is 0. The average Bonchev–Trinajstić information content (AvgIpc) is 2.71. The minimum absolute atomic E-state index is 0.324. The van der Waals surface area contributed by atoms with Crippen molar-refractivity contribution in [2.45, 2.75) is 12.3 Å². The third-order valence-corrected chi connectivity index (χ3v) is 2.40. The first kappa shape index (κ1) is 8.44. The van der Waals surface area contributed by atoms with E-state index in [0.717, 1.165) is 19.5 Å². The normalized spacial score (nSPS) is 23.6. The maximum absolute atomic E-state index is 10.4. The highest BCUT2D eigenvalue weighted by atomic mass is 16.4. The molecular formula is C9H12N2O2. The van der Waals surface area contributed by atoms with Crippen molar-refractivity contribution in [2.75, 3.05) is 20.1 Å². The minimum Gasteiger partial charge on any atom is -0.438 e. The molecule has 70 valence electrons. The topological polar surface area (TPSA) is 46.3 Å². The molecule has 0 saturated carbocycles. The lowest BCUT2D eigenvalue weighted by Crippen LogP contribution is -2.13. The monoisotopic (exact) mass is 180 g/mol. The van der Waals surface area contributed by atoms with Gasteiger partial charge < -0.3 is 9.32 Å². The Hall–Kier alpha value is -1.16. The number of carbonyl (C=O) groups excluding carboxylic acids is 1. The number of likely N-dealkylation sites (tertiary alicyclic amines) is 1. The van der Waals surface area contributed by atoms with E-state index in [1.54, 1.807) is 0 Å². The number of aromatic nitrogens is 1. The van der Waals surface area contributed by atoms with Crippen LogP contribution < -0.4 is 0 Å². The van der Waals surface area contributed by atoms with Gasteiger partial charge in [-0.15, -0.1) is 0 Å². The predicted molar refractivity (Wildman–Crippen MR) is 46.7 cm³/mol. The van der Waals surface area contributed by atoms with Crippen LogP contribution in [-0.4, -0.2) is 36.3 Å². The molecule has 1 aromatic rings. The molecule has 0 amide bonds. The van der Waals surface area contributed by atoms with Crippen molar-refractivity contribution in [3.05, 3.63) is 17.8 Å². The van der Waals surface area contributed by atoms with Gasteiger partial charge in [-0.2, -0.15) is 0 Å². The fourth-order valence-corrected chi connectivity index (χ4v) is 1.68. The second-order valence-corrected chi connectivity index (χ2v) is 3.47. The molecule has 0 radical (unpaired) electrons. The Bertz CT molecular complexity index is 308. The first-order valence-corrected chi connectivity index (χ1v) is 4.39. The zero-order valence-electron chi connectivity index (χ0n) is 7.56. The molecule has 0 aliphatic carbocycles. The third-order valence-electron chi connectivity index (χ3n) is 2.40. The Morgan fingerprint density at radius 3 is 3.15 bits per heavy atom. The van der Waals surface area contributed by atoms with Gasteiger partial charge in [0.15, 0.2) is 17.9 Å². The van der Waals surface area contributed by atoms with E-state index in [9.17, 15) is 4.79 Å². The molecule has 1 saturated heterocycles. The molecule has 13 heavy (non-hydrogen) atoms. The van der Waals surface area contributed by atoms with Gasteiger partial charge in [0, 0.05) is 12.5 Å². The van der Waals surface area contributed by atoms with E-state index < -0.39 is 0 Å². The molecule has 1 atom stereocenters. The van der Waals surface area contributed by atoms with Gasteiger partial charge in [0.2, 0.25) is 0 Å². The summed E-state index contributed by atoms with van der Waals surface area (Å²) in [6, 6.07) is 0. The van der Waals surface area contributed by atoms with Crippen LogP contribution >= 0.6 is 0 Å². The fraction of sp³-hybridized carbons (Fsp3) is 0.556. The molecule has 0 aromatic carbocycles. The summed E-state index contributed by atoms with van der Waals surface area (Å²) in [5, 5.41) is 0. The summed E-state index contributed by atoms with van der Waals surface area (Å²) in [5.74, 6) is 1.38. The summed E-state index contributed by atoms with van der Waals surface area (Å²) in [4.78, 5) is 16.7. The van der Waals surface area contributed by atoms with E-state index in [1.165, 1.54) is 6.20 Å². The molecule has 1 fully saturated rings. The van der Waals surface area contributed by atoms with Crippen LogP contribution in [0.15, 0.2) is 10.6 Å². The van der Waals surface area contributed by atoms with E-state index >= 15 is 0 Å². The lowest BCUT2D eigenvalue weighted by molar-refractivity contribution is 0.109. The van der Waals surface area contributed by atoms with E-state index in [-0.39, 0.29) is 0 Å². The van der Waals surface area contributed by atoms with Crippen molar-refractivity contribution in [3.63, 3.8) is 0 Å². The van der Waals surface area contributed by atoms with Crippen LogP contribution in [0.1, 0.15) is 28.8 Å². The minimum atomic E-state index is 0.324. The van der Waals surface area contributed by atoms with Gasteiger partial charge in [0.25, 0.3) is 0 Å². The highest BCUT2D eigenvalue weighted by Gasteiger charge is 2.24. The second-order valence-electron chi connectivity index (χ2n) is 3.47. The molecule has 2 heterocycles. The van der Waals surface area contributed by atoms with Crippen LogP contribution in [0.5, 0.6) is 0 Å². The molecule has 1 aromatic heterocycles. The number of likely N-dealkylation sites (N-methyl/N-ethyl adjacent to an activating group) is 1. The fourth-order valence-electron chi connectivity index (χ4n) is 1.68. The van der Waals surface area contributed by atoms with E-state index in [0.29, 0.717) is 23.9 Å². The van der Waals surface area contributed by atoms with Gasteiger partial charge >= 0.3 is 0 Å². The van der Waals surface area contributed by atoms with Gasteiger partial charge in [-0.1, -0.05) is 0 Å². The second kappa shape index (κ2) is 3.30. The molecule has 4 nitrogen and oxygen atoms in total. The summed E-state index contributed by atoms with van der Waals surface area (Å²) in [7, 11) is 2.07. The number of oxazole rings is 1. The van der Waals surface area contributed by atoms with Gasteiger partial charge in [-0.3, -0.25) is 4.79 Å². The number of rotatable bonds is 2. The number of aldehydes is 1. The first-order valence-electron chi connectivity index (χ1n) is 4.39. The molecular weight excluding hydrogens is 168 g/mol. The molecule has 4 heteroatoms. The van der Waals surface area contributed by atoms with Crippen molar-refractivity contribution in [1.29, 1.82) is 0 Å². The first-order chi connectivity index (χ1) is 6.29. The quantitative estimate of drug-likeness (QED) is 0.634. The number of nitrogens with zero attached hydrogens (tertiary/aromatic N) is 2. The number of carbonyl (C=O) groups is 1. The largest absolute Gasteiger partial charge is 0.438 e. The van der Waals surface area contributed by atoms with Crippen LogP contribution in [0.2, 0.25) is 0 Å². The van der Waals surface area contributed by atoms with Crippen LogP contribution in [0.25, 0.3) is 0 Å². The summed E-state index contributed by atoms with van der Waals surface area (Å²) in [6.07, 6.45) is 3.24. The van der Waals surface area contributed by atoms with Gasteiger partial charge in [0.1, 0.15) is 0 Å². The van der Waals surface area contributed by atoms with Crippen LogP contribution in [0.4, 0.5) is 0 Å². The van der Waals surface area contributed by atoms with Gasteiger partial charge in [-0.05, 0) is 20.0 Å². The maximum atomic E-state index is 10.4. The number of hydrogen-bond acceptors (Lipinski definition) is 4. The van der Waals surface area contributed by atoms with Gasteiger partial charge in [-0.25, -0.2) is 4.98 Å². The summed E-state index contributed by atoms with van der Waals surface area (Å²) < 4.78 is 5.26. The van der Waals surface area contributed by atoms with Crippen LogP contribution in [-0.2, 0) is 0 Å². The van der Waals surface area contributed by atoms with Crippen LogP contribution in [0.3, 0.4) is 0 Å². The van der Waals surface area contributed by atoms with Crippen LogP contribution in [0, 0.1) is 0 Å². The Labute approximate surface area is 76.6 Å². The van der Waals surface area contributed by atoms with Crippen molar-refractivity contribution >= 4 is 6.29 Å². The van der Waals surface area contributed by atoms with Crippen molar-refractivity contribution < 1.29 is 9.21 Å². The molecule has 2 rings (SSSR count). The Kier molecular flexibility index (Phi) is 2.14. The maximum Gasteiger partial charge on any atom is 0.199 e. The predicted octanol–water partition coefficient (Wildman–Crippen LogP) is 0.906. The third kappa shape index (κ3) is 1.62. The van der Waals surface area contributed by atoms with Crippen molar-refractivity contribution in [1.82, 2.24) is 9.88 Å². The molecule has 0 spiro atoms. The Morgan fingerprint density at radius 1 is 1.77 bits per heavy atom. The standard InChI is InChI=1S/C9H12N2O2/c1-11-3-2-7(5-11)9-10-4-8(6-12)13-9/h4,6-7H,2-3,5H2,1H3. The number of hydrogen-bond donors (Lipinski definition) is 0. The average molecular weight is 180 g/mol. The summed E-state index contributed by atoms with van der Waals surface area (Å²) in [6.45, 7) is 2.04. The van der Waals surface area contributed by atoms with E-state index in [4.69, 9.17) is 4.42 Å². The van der Waals surface area contributed by atoms with Gasteiger partial charge in [0.05, 0.1) is 6.20 Å². The summed E-state index contributed by atoms with van der Waals surface area (Å²) in [5.41, 5.74) is 0. The zero-order chi connectivity index (χ0) is 9.26. The lowest BCUT2D eigenvalue weighted by atomic mass is 10.1. The highest BCUT2D eigenvalue weighted by molar-refractivity contribution is 5.69. The lowest BCUT2D eigenvalue weighted by Gasteiger charge is -2.05. The molecule has 0 N–H and O–H groups in total. The van der Waals surface area contributed by atoms with Crippen molar-refractivity contribution in [3.8, 4) is 0 Å². The molecule has 1 unspecified atom stereocenters. The SMILES string of the molecule is CN1CCC(c2ncc(C=O)o2)C1. The molecule has 1 aliphatic heterocycles.